The normalized spacial score (nSPS) is 10.7. The average molecular weight is 265 g/mol. The molecule has 0 unspecified atom stereocenters. The van der Waals surface area contributed by atoms with Crippen molar-refractivity contribution < 1.29 is 0 Å². The van der Waals surface area contributed by atoms with Crippen LogP contribution in [0.15, 0.2) is 54.9 Å². The van der Waals surface area contributed by atoms with Crippen LogP contribution in [0.5, 0.6) is 0 Å². The first-order chi connectivity index (χ1) is 9.86. The predicted molar refractivity (Wildman–Crippen MR) is 77.4 cm³/mol. The van der Waals surface area contributed by atoms with Gasteiger partial charge in [0.25, 0.3) is 0 Å². The van der Waals surface area contributed by atoms with E-state index < -0.39 is 0 Å². The van der Waals surface area contributed by atoms with Gasteiger partial charge in [-0.25, -0.2) is 4.68 Å². The summed E-state index contributed by atoms with van der Waals surface area (Å²) in [6.07, 6.45) is 3.79. The fourth-order valence-electron chi connectivity index (χ4n) is 1.98. The summed E-state index contributed by atoms with van der Waals surface area (Å²) >= 11 is 0. The van der Waals surface area contributed by atoms with Crippen molar-refractivity contribution in [2.75, 3.05) is 7.05 Å². The molecule has 5 heteroatoms. The molecule has 0 radical (unpaired) electrons. The van der Waals surface area contributed by atoms with Crippen LogP contribution in [0.25, 0.3) is 16.9 Å². The van der Waals surface area contributed by atoms with Crippen molar-refractivity contribution >= 4 is 0 Å². The summed E-state index contributed by atoms with van der Waals surface area (Å²) in [4.78, 5) is 0. The van der Waals surface area contributed by atoms with E-state index in [0.29, 0.717) is 12.4 Å². The molecule has 3 rings (SSSR count). The Labute approximate surface area is 117 Å². The number of rotatable bonds is 4. The molecule has 0 aliphatic heterocycles. The quantitative estimate of drug-likeness (QED) is 0.784. The van der Waals surface area contributed by atoms with Crippen LogP contribution in [0.1, 0.15) is 5.69 Å². The smallest absolute Gasteiger partial charge is 0.175 e. The van der Waals surface area contributed by atoms with Crippen LogP contribution in [0.2, 0.25) is 0 Å². The maximum Gasteiger partial charge on any atom is 0.175 e. The van der Waals surface area contributed by atoms with Gasteiger partial charge in [-0.1, -0.05) is 30.3 Å². The third-order valence-corrected chi connectivity index (χ3v) is 2.99. The summed E-state index contributed by atoms with van der Waals surface area (Å²) in [7, 11) is 1.88. The largest absolute Gasteiger partial charge is 0.314 e. The number of aromatic nitrogens is 4. The van der Waals surface area contributed by atoms with Crippen LogP contribution < -0.4 is 5.32 Å². The van der Waals surface area contributed by atoms with E-state index >= 15 is 0 Å². The molecular formula is C15H15N5. The molecule has 0 aliphatic rings. The molecule has 5 nitrogen and oxygen atoms in total. The summed E-state index contributed by atoms with van der Waals surface area (Å²) in [6, 6.07) is 14.0. The van der Waals surface area contributed by atoms with Gasteiger partial charge in [0.05, 0.1) is 11.9 Å². The van der Waals surface area contributed by atoms with E-state index in [1.54, 1.807) is 4.68 Å². The summed E-state index contributed by atoms with van der Waals surface area (Å²) in [5.41, 5.74) is 3.11. The Morgan fingerprint density at radius 2 is 1.85 bits per heavy atom. The van der Waals surface area contributed by atoms with E-state index in [0.717, 1.165) is 16.8 Å². The maximum atomic E-state index is 4.34. The summed E-state index contributed by atoms with van der Waals surface area (Å²) in [5.74, 6) is 0.715. The lowest BCUT2D eigenvalue weighted by Gasteiger charge is -2.01. The topological polar surface area (TPSA) is 55.6 Å². The lowest BCUT2D eigenvalue weighted by atomic mass is 10.1. The number of benzene rings is 1. The van der Waals surface area contributed by atoms with Crippen molar-refractivity contribution in [3.8, 4) is 16.9 Å². The van der Waals surface area contributed by atoms with Gasteiger partial charge in [-0.15, -0.1) is 5.10 Å². The maximum absolute atomic E-state index is 4.34. The standard InChI is InChI=1S/C15H15N5/c1-16-10-14-7-8-15(19-18-14)20-11-13(9-17-20)12-5-3-2-4-6-12/h2-9,11,16H,10H2,1H3. The van der Waals surface area contributed by atoms with E-state index in [1.807, 2.05) is 49.8 Å². The van der Waals surface area contributed by atoms with Gasteiger partial charge in [-0.2, -0.15) is 10.2 Å². The SMILES string of the molecule is CNCc1ccc(-n2cc(-c3ccccc3)cn2)nn1. The molecule has 1 aromatic carbocycles. The van der Waals surface area contributed by atoms with E-state index in [1.165, 1.54) is 0 Å². The van der Waals surface area contributed by atoms with E-state index in [9.17, 15) is 0 Å². The highest BCUT2D eigenvalue weighted by Gasteiger charge is 2.04. The van der Waals surface area contributed by atoms with Crippen molar-refractivity contribution in [2.45, 2.75) is 6.54 Å². The Morgan fingerprint density at radius 1 is 1.00 bits per heavy atom. The fraction of sp³-hybridized carbons (Fsp3) is 0.133. The molecule has 2 heterocycles. The number of nitrogens with one attached hydrogen (secondary N) is 1. The van der Waals surface area contributed by atoms with Gasteiger partial charge in [0.2, 0.25) is 0 Å². The second-order valence-corrected chi connectivity index (χ2v) is 4.45. The molecule has 0 atom stereocenters. The zero-order valence-corrected chi connectivity index (χ0v) is 11.2. The van der Waals surface area contributed by atoms with Gasteiger partial charge in [0, 0.05) is 18.3 Å². The molecule has 3 aromatic rings. The average Bonchev–Trinajstić information content (AvgIpc) is 2.99. The van der Waals surface area contributed by atoms with Gasteiger partial charge in [-0.3, -0.25) is 0 Å². The summed E-state index contributed by atoms with van der Waals surface area (Å²) in [5, 5.41) is 15.7. The van der Waals surface area contributed by atoms with Gasteiger partial charge >= 0.3 is 0 Å². The second-order valence-electron chi connectivity index (χ2n) is 4.45. The van der Waals surface area contributed by atoms with E-state index in [2.05, 4.69) is 32.7 Å². The first-order valence-corrected chi connectivity index (χ1v) is 6.44. The molecule has 100 valence electrons. The molecule has 0 saturated carbocycles. The summed E-state index contributed by atoms with van der Waals surface area (Å²) in [6.45, 7) is 0.710. The molecule has 0 fully saturated rings. The Hall–Kier alpha value is -2.53. The van der Waals surface area contributed by atoms with Crippen LogP contribution >= 0.6 is 0 Å². The van der Waals surface area contributed by atoms with E-state index in [-0.39, 0.29) is 0 Å². The first kappa shape index (κ1) is 12.5. The van der Waals surface area contributed by atoms with Crippen LogP contribution in [0, 0.1) is 0 Å². The van der Waals surface area contributed by atoms with Crippen molar-refractivity contribution in [1.29, 1.82) is 0 Å². The van der Waals surface area contributed by atoms with Crippen molar-refractivity contribution in [3.05, 3.63) is 60.6 Å². The molecule has 1 N–H and O–H groups in total. The van der Waals surface area contributed by atoms with Crippen LogP contribution in [0.4, 0.5) is 0 Å². The lowest BCUT2D eigenvalue weighted by molar-refractivity contribution is 0.745. The van der Waals surface area contributed by atoms with E-state index in [4.69, 9.17) is 0 Å². The first-order valence-electron chi connectivity index (χ1n) is 6.44. The number of nitrogens with zero attached hydrogens (tertiary/aromatic N) is 4. The number of hydrogen-bond donors (Lipinski definition) is 1. The zero-order chi connectivity index (χ0) is 13.8. The van der Waals surface area contributed by atoms with Crippen molar-refractivity contribution in [2.24, 2.45) is 0 Å². The fourth-order valence-corrected chi connectivity index (χ4v) is 1.98. The highest BCUT2D eigenvalue weighted by atomic mass is 15.3. The van der Waals surface area contributed by atoms with Gasteiger partial charge < -0.3 is 5.32 Å². The minimum atomic E-state index is 0.710. The highest BCUT2D eigenvalue weighted by molar-refractivity contribution is 5.61. The molecule has 0 spiro atoms. The van der Waals surface area contributed by atoms with Gasteiger partial charge in [0.15, 0.2) is 5.82 Å². The molecule has 0 amide bonds. The monoisotopic (exact) mass is 265 g/mol. The Balaban J connectivity index is 1.86. The highest BCUT2D eigenvalue weighted by Crippen LogP contribution is 2.18. The molecule has 2 aromatic heterocycles. The van der Waals surface area contributed by atoms with Crippen molar-refractivity contribution in [1.82, 2.24) is 25.3 Å². The molecule has 20 heavy (non-hydrogen) atoms. The number of hydrogen-bond acceptors (Lipinski definition) is 4. The predicted octanol–water partition coefficient (Wildman–Crippen LogP) is 2.05. The van der Waals surface area contributed by atoms with Crippen LogP contribution in [-0.2, 0) is 6.54 Å². The Bertz CT molecular complexity index is 673. The van der Waals surface area contributed by atoms with Gasteiger partial charge in [0.1, 0.15) is 0 Å². The lowest BCUT2D eigenvalue weighted by Crippen LogP contribution is -2.09. The third kappa shape index (κ3) is 2.57. The minimum Gasteiger partial charge on any atom is -0.314 e. The Morgan fingerprint density at radius 3 is 2.55 bits per heavy atom. The third-order valence-electron chi connectivity index (χ3n) is 2.99. The zero-order valence-electron chi connectivity index (χ0n) is 11.2. The molecule has 0 bridgehead atoms. The summed E-state index contributed by atoms with van der Waals surface area (Å²) < 4.78 is 1.73. The van der Waals surface area contributed by atoms with Crippen molar-refractivity contribution in [3.63, 3.8) is 0 Å². The minimum absolute atomic E-state index is 0.710. The molecule has 0 aliphatic carbocycles. The van der Waals surface area contributed by atoms with Crippen LogP contribution in [0.3, 0.4) is 0 Å². The molecular weight excluding hydrogens is 250 g/mol. The second kappa shape index (κ2) is 5.63. The van der Waals surface area contributed by atoms with Crippen LogP contribution in [-0.4, -0.2) is 27.0 Å². The Kier molecular flexibility index (Phi) is 3.52. The molecule has 0 saturated heterocycles. The van der Waals surface area contributed by atoms with Gasteiger partial charge in [-0.05, 0) is 24.7 Å².